The minimum absolute atomic E-state index is 0.153. The van der Waals surface area contributed by atoms with Crippen molar-refractivity contribution in [3.8, 4) is 0 Å². The van der Waals surface area contributed by atoms with Crippen molar-refractivity contribution in [3.63, 3.8) is 0 Å². The van der Waals surface area contributed by atoms with E-state index < -0.39 is 10.0 Å². The molecule has 2 aromatic rings. The predicted octanol–water partition coefficient (Wildman–Crippen LogP) is 2.51. The summed E-state index contributed by atoms with van der Waals surface area (Å²) in [5, 5.41) is 2.81. The molecule has 0 aromatic heterocycles. The van der Waals surface area contributed by atoms with E-state index in [1.54, 1.807) is 0 Å². The first-order chi connectivity index (χ1) is 12.4. The molecule has 5 nitrogen and oxygen atoms in total. The fourth-order valence-electron chi connectivity index (χ4n) is 2.68. The summed E-state index contributed by atoms with van der Waals surface area (Å²) >= 11 is 0. The van der Waals surface area contributed by atoms with Crippen LogP contribution >= 0.6 is 0 Å². The summed E-state index contributed by atoms with van der Waals surface area (Å²) in [6, 6.07) is 17.7. The summed E-state index contributed by atoms with van der Waals surface area (Å²) in [6.07, 6.45) is 2.59. The van der Waals surface area contributed by atoms with E-state index in [0.717, 1.165) is 29.4 Å². The van der Waals surface area contributed by atoms with Gasteiger partial charge in [-0.1, -0.05) is 54.6 Å². The molecule has 0 atom stereocenters. The first kappa shape index (κ1) is 20.1. The maximum Gasteiger partial charge on any atom is 0.235 e. The van der Waals surface area contributed by atoms with Gasteiger partial charge in [0.15, 0.2) is 0 Å². The Hall–Kier alpha value is -2.18. The summed E-state index contributed by atoms with van der Waals surface area (Å²) in [4.78, 5) is 12.2. The van der Waals surface area contributed by atoms with Crippen molar-refractivity contribution in [3.05, 3.63) is 71.3 Å². The van der Waals surface area contributed by atoms with Gasteiger partial charge >= 0.3 is 0 Å². The van der Waals surface area contributed by atoms with Crippen LogP contribution in [0.1, 0.15) is 23.1 Å². The van der Waals surface area contributed by atoms with Gasteiger partial charge in [0.25, 0.3) is 0 Å². The second-order valence-electron chi connectivity index (χ2n) is 6.39. The molecule has 1 N–H and O–H groups in total. The zero-order chi connectivity index (χ0) is 19.0. The lowest BCUT2D eigenvalue weighted by atomic mass is 10.1. The molecule has 0 unspecified atom stereocenters. The Morgan fingerprint density at radius 2 is 1.69 bits per heavy atom. The van der Waals surface area contributed by atoms with Crippen molar-refractivity contribution in [1.29, 1.82) is 0 Å². The molecule has 0 aliphatic heterocycles. The number of carbonyl (C=O) groups is 1. The topological polar surface area (TPSA) is 66.5 Å². The summed E-state index contributed by atoms with van der Waals surface area (Å²) in [5.74, 6) is -0.293. The van der Waals surface area contributed by atoms with Crippen LogP contribution < -0.4 is 5.32 Å². The molecule has 0 heterocycles. The lowest BCUT2D eigenvalue weighted by Gasteiger charge is -2.19. The summed E-state index contributed by atoms with van der Waals surface area (Å²) in [6.45, 7) is 2.55. The number of carbonyl (C=O) groups excluding carboxylic acids is 1. The van der Waals surface area contributed by atoms with Gasteiger partial charge in [-0.15, -0.1) is 0 Å². The molecule has 0 saturated carbocycles. The maximum atomic E-state index is 12.2. The normalized spacial score (nSPS) is 11.5. The first-order valence-electron chi connectivity index (χ1n) is 8.66. The van der Waals surface area contributed by atoms with Crippen molar-refractivity contribution in [2.75, 3.05) is 19.3 Å². The number of hydrogen-bond acceptors (Lipinski definition) is 3. The van der Waals surface area contributed by atoms with Crippen molar-refractivity contribution in [1.82, 2.24) is 9.62 Å². The molecule has 0 saturated heterocycles. The first-order valence-corrected chi connectivity index (χ1v) is 10.5. The van der Waals surface area contributed by atoms with Crippen molar-refractivity contribution < 1.29 is 13.2 Å². The van der Waals surface area contributed by atoms with E-state index in [-0.39, 0.29) is 12.5 Å². The molecule has 0 spiro atoms. The van der Waals surface area contributed by atoms with Crippen LogP contribution in [0.3, 0.4) is 0 Å². The number of amides is 1. The van der Waals surface area contributed by atoms with Crippen LogP contribution in [0.4, 0.5) is 0 Å². The van der Waals surface area contributed by atoms with Crippen molar-refractivity contribution >= 4 is 15.9 Å². The molecule has 0 radical (unpaired) electrons. The molecule has 2 rings (SSSR count). The Bertz CT molecular complexity index is 820. The zero-order valence-electron chi connectivity index (χ0n) is 15.3. The maximum absolute atomic E-state index is 12.2. The highest BCUT2D eigenvalue weighted by molar-refractivity contribution is 7.88. The van der Waals surface area contributed by atoms with E-state index >= 15 is 0 Å². The van der Waals surface area contributed by atoms with E-state index in [0.29, 0.717) is 19.5 Å². The van der Waals surface area contributed by atoms with Crippen LogP contribution in [0.25, 0.3) is 0 Å². The third-order valence-corrected chi connectivity index (χ3v) is 5.49. The average molecular weight is 375 g/mol. The highest BCUT2D eigenvalue weighted by atomic mass is 32.2. The lowest BCUT2D eigenvalue weighted by molar-refractivity contribution is -0.121. The molecule has 140 valence electrons. The van der Waals surface area contributed by atoms with Gasteiger partial charge < -0.3 is 5.32 Å². The van der Waals surface area contributed by atoms with E-state index in [1.165, 1.54) is 4.31 Å². The number of hydrogen-bond donors (Lipinski definition) is 1. The molecular weight excluding hydrogens is 348 g/mol. The number of nitrogens with one attached hydrogen (secondary N) is 1. The van der Waals surface area contributed by atoms with Crippen LogP contribution in [-0.4, -0.2) is 38.0 Å². The zero-order valence-corrected chi connectivity index (χ0v) is 16.1. The van der Waals surface area contributed by atoms with Gasteiger partial charge in [0, 0.05) is 13.1 Å². The van der Waals surface area contributed by atoms with Crippen LogP contribution in [0.15, 0.2) is 54.6 Å². The second kappa shape index (κ2) is 9.50. The van der Waals surface area contributed by atoms with Gasteiger partial charge in [0.05, 0.1) is 12.8 Å². The van der Waals surface area contributed by atoms with Crippen molar-refractivity contribution in [2.45, 2.75) is 26.3 Å². The van der Waals surface area contributed by atoms with Crippen LogP contribution in [0.2, 0.25) is 0 Å². The van der Waals surface area contributed by atoms with Gasteiger partial charge in [-0.05, 0) is 36.5 Å². The molecule has 0 aliphatic carbocycles. The molecule has 6 heteroatoms. The van der Waals surface area contributed by atoms with Crippen molar-refractivity contribution in [2.24, 2.45) is 0 Å². The molecule has 0 aliphatic rings. The Morgan fingerprint density at radius 1 is 1.04 bits per heavy atom. The third kappa shape index (κ3) is 6.61. The van der Waals surface area contributed by atoms with Gasteiger partial charge in [0.2, 0.25) is 15.9 Å². The largest absolute Gasteiger partial charge is 0.351 e. The summed E-state index contributed by atoms with van der Waals surface area (Å²) in [5.41, 5.74) is 3.27. The fourth-order valence-corrected chi connectivity index (χ4v) is 3.50. The average Bonchev–Trinajstić information content (AvgIpc) is 2.60. The van der Waals surface area contributed by atoms with Gasteiger partial charge in [-0.25, -0.2) is 8.42 Å². The Balaban J connectivity index is 1.86. The monoisotopic (exact) mass is 374 g/mol. The molecule has 26 heavy (non-hydrogen) atoms. The predicted molar refractivity (Wildman–Crippen MR) is 104 cm³/mol. The van der Waals surface area contributed by atoms with Gasteiger partial charge in [-0.2, -0.15) is 4.31 Å². The number of sulfonamides is 1. The number of aryl methyl sites for hydroxylation is 2. The van der Waals surface area contributed by atoms with Gasteiger partial charge in [0.1, 0.15) is 0 Å². The molecule has 2 aromatic carbocycles. The highest BCUT2D eigenvalue weighted by Crippen LogP contribution is 2.08. The lowest BCUT2D eigenvalue weighted by Crippen LogP contribution is -2.40. The smallest absolute Gasteiger partial charge is 0.235 e. The standard InChI is InChI=1S/C20H26N2O3S/c1-17-9-6-7-13-19(17)15-21-20(23)16-22(26(2,24)25)14-8-12-18-10-4-3-5-11-18/h3-7,9-11,13H,8,12,14-16H2,1-2H3,(H,21,23). The molecule has 1 amide bonds. The minimum Gasteiger partial charge on any atom is -0.351 e. The van der Waals surface area contributed by atoms with E-state index in [2.05, 4.69) is 5.32 Å². The highest BCUT2D eigenvalue weighted by Gasteiger charge is 2.19. The van der Waals surface area contributed by atoms with Crippen LogP contribution in [0.5, 0.6) is 0 Å². The molecular formula is C20H26N2O3S. The fraction of sp³-hybridized carbons (Fsp3) is 0.350. The summed E-state index contributed by atoms with van der Waals surface area (Å²) in [7, 11) is -3.43. The molecule has 0 bridgehead atoms. The number of benzene rings is 2. The Morgan fingerprint density at radius 3 is 2.35 bits per heavy atom. The van der Waals surface area contributed by atoms with Crippen LogP contribution in [-0.2, 0) is 27.8 Å². The minimum atomic E-state index is -3.43. The Labute approximate surface area is 156 Å². The van der Waals surface area contributed by atoms with Gasteiger partial charge in [-0.3, -0.25) is 4.79 Å². The molecule has 0 fully saturated rings. The number of nitrogens with zero attached hydrogens (tertiary/aromatic N) is 1. The summed E-state index contributed by atoms with van der Waals surface area (Å²) < 4.78 is 25.2. The van der Waals surface area contributed by atoms with E-state index in [4.69, 9.17) is 0 Å². The number of rotatable bonds is 9. The SMILES string of the molecule is Cc1ccccc1CNC(=O)CN(CCCc1ccccc1)S(C)(=O)=O. The quantitative estimate of drug-likeness (QED) is 0.733. The third-order valence-electron chi connectivity index (χ3n) is 4.24. The van der Waals surface area contributed by atoms with E-state index in [1.807, 2.05) is 61.5 Å². The second-order valence-corrected chi connectivity index (χ2v) is 8.37. The van der Waals surface area contributed by atoms with Crippen LogP contribution in [0, 0.1) is 6.92 Å². The van der Waals surface area contributed by atoms with E-state index in [9.17, 15) is 13.2 Å². The Kier molecular flexibility index (Phi) is 7.36.